The highest BCUT2D eigenvalue weighted by molar-refractivity contribution is 5.75. The Morgan fingerprint density at radius 1 is 0.417 bits per heavy atom. The minimum Gasteiger partial charge on any atom is -0.489 e. The van der Waals surface area contributed by atoms with E-state index in [-0.39, 0.29) is 0 Å². The molecule has 0 amide bonds. The lowest BCUT2D eigenvalue weighted by atomic mass is 10.1. The zero-order chi connectivity index (χ0) is 25.2. The number of carbonyl (C=O) groups excluding carboxylic acids is 3. The maximum absolute atomic E-state index is 10.9. The van der Waals surface area contributed by atoms with E-state index in [9.17, 15) is 14.4 Å². The Morgan fingerprint density at radius 2 is 0.667 bits per heavy atom. The van der Waals surface area contributed by atoms with Gasteiger partial charge in [-0.15, -0.1) is 0 Å². The fourth-order valence-electron chi connectivity index (χ4n) is 3.52. The van der Waals surface area contributed by atoms with Crippen LogP contribution in [0.1, 0.15) is 47.8 Å². The van der Waals surface area contributed by atoms with Gasteiger partial charge in [-0.25, -0.2) is 0 Å². The monoisotopic (exact) mass is 480 g/mol. The van der Waals surface area contributed by atoms with Crippen molar-refractivity contribution in [3.05, 3.63) is 124 Å². The van der Waals surface area contributed by atoms with Crippen LogP contribution < -0.4 is 14.2 Å². The van der Waals surface area contributed by atoms with Gasteiger partial charge in [0.05, 0.1) is 0 Å². The second-order valence-corrected chi connectivity index (χ2v) is 8.08. The van der Waals surface area contributed by atoms with Gasteiger partial charge >= 0.3 is 0 Å². The number of carbonyl (C=O) groups is 3. The number of hydrogen-bond acceptors (Lipinski definition) is 6. The quantitative estimate of drug-likeness (QED) is 0.236. The zero-order valence-electron chi connectivity index (χ0n) is 19.5. The van der Waals surface area contributed by atoms with Gasteiger partial charge in [0.1, 0.15) is 55.9 Å². The number of ether oxygens (including phenoxy) is 3. The van der Waals surface area contributed by atoms with E-state index in [0.29, 0.717) is 53.8 Å². The first-order chi connectivity index (χ1) is 17.6. The molecule has 4 rings (SSSR count). The average molecular weight is 481 g/mol. The second-order valence-electron chi connectivity index (χ2n) is 8.08. The third-order valence-electron chi connectivity index (χ3n) is 5.38. The molecule has 0 unspecified atom stereocenters. The van der Waals surface area contributed by atoms with E-state index in [4.69, 9.17) is 14.2 Å². The molecule has 0 fully saturated rings. The Morgan fingerprint density at radius 3 is 0.889 bits per heavy atom. The highest BCUT2D eigenvalue weighted by Gasteiger charge is 2.06. The largest absolute Gasteiger partial charge is 0.489 e. The Kier molecular flexibility index (Phi) is 8.22. The first-order valence-electron chi connectivity index (χ1n) is 11.3. The molecular formula is C30H24O6. The number of benzene rings is 4. The van der Waals surface area contributed by atoms with Crippen molar-refractivity contribution in [2.75, 3.05) is 0 Å². The van der Waals surface area contributed by atoms with E-state index in [2.05, 4.69) is 0 Å². The smallest absolute Gasteiger partial charge is 0.150 e. The molecule has 0 aliphatic carbocycles. The summed E-state index contributed by atoms with van der Waals surface area (Å²) in [6, 6.07) is 26.8. The Hall–Kier alpha value is -4.71. The minimum atomic E-state index is 0.323. The molecule has 0 aliphatic heterocycles. The summed E-state index contributed by atoms with van der Waals surface area (Å²) in [6.45, 7) is 0.968. The maximum Gasteiger partial charge on any atom is 0.150 e. The molecule has 180 valence electrons. The molecule has 0 bridgehead atoms. The van der Waals surface area contributed by atoms with Gasteiger partial charge in [0.15, 0.2) is 0 Å². The van der Waals surface area contributed by atoms with Gasteiger partial charge in [-0.1, -0.05) is 0 Å². The van der Waals surface area contributed by atoms with Gasteiger partial charge in [-0.2, -0.15) is 0 Å². The van der Waals surface area contributed by atoms with Gasteiger partial charge in [0.25, 0.3) is 0 Å². The topological polar surface area (TPSA) is 78.9 Å². The van der Waals surface area contributed by atoms with Crippen molar-refractivity contribution in [3.63, 3.8) is 0 Å². The van der Waals surface area contributed by atoms with Crippen molar-refractivity contribution < 1.29 is 28.6 Å². The van der Waals surface area contributed by atoms with Crippen molar-refractivity contribution in [1.82, 2.24) is 0 Å². The van der Waals surface area contributed by atoms with E-state index in [1.54, 1.807) is 72.8 Å². The van der Waals surface area contributed by atoms with E-state index in [0.717, 1.165) is 35.5 Å². The minimum absolute atomic E-state index is 0.323. The molecule has 4 aromatic carbocycles. The van der Waals surface area contributed by atoms with E-state index < -0.39 is 0 Å². The molecule has 0 aromatic heterocycles. The molecule has 0 aliphatic rings. The van der Waals surface area contributed by atoms with E-state index in [1.165, 1.54) is 0 Å². The van der Waals surface area contributed by atoms with Gasteiger partial charge in [0, 0.05) is 16.7 Å². The fraction of sp³-hybridized carbons (Fsp3) is 0.100. The van der Waals surface area contributed by atoms with Gasteiger partial charge in [-0.05, 0) is 108 Å². The molecule has 6 nitrogen and oxygen atoms in total. The summed E-state index contributed by atoms with van der Waals surface area (Å²) in [5, 5.41) is 0. The van der Waals surface area contributed by atoms with Crippen molar-refractivity contribution >= 4 is 18.9 Å². The van der Waals surface area contributed by atoms with Crippen LogP contribution in [0.4, 0.5) is 0 Å². The first kappa shape index (κ1) is 24.4. The highest BCUT2D eigenvalue weighted by Crippen LogP contribution is 2.20. The second kappa shape index (κ2) is 12.1. The normalized spacial score (nSPS) is 10.3. The lowest BCUT2D eigenvalue weighted by Crippen LogP contribution is -2.04. The Labute approximate surface area is 209 Å². The molecule has 6 heteroatoms. The highest BCUT2D eigenvalue weighted by atomic mass is 16.5. The third-order valence-corrected chi connectivity index (χ3v) is 5.38. The molecule has 0 saturated carbocycles. The Balaban J connectivity index is 1.48. The summed E-state index contributed by atoms with van der Waals surface area (Å²) in [6.07, 6.45) is 2.37. The summed E-state index contributed by atoms with van der Waals surface area (Å²) in [7, 11) is 0. The summed E-state index contributed by atoms with van der Waals surface area (Å²) in [5.41, 5.74) is 4.56. The maximum atomic E-state index is 10.9. The molecule has 0 radical (unpaired) electrons. The van der Waals surface area contributed by atoms with Crippen LogP contribution in [0, 0.1) is 0 Å². The lowest BCUT2D eigenvalue weighted by Gasteiger charge is -2.13. The van der Waals surface area contributed by atoms with Crippen LogP contribution in [0.5, 0.6) is 17.2 Å². The predicted molar refractivity (Wildman–Crippen MR) is 135 cm³/mol. The van der Waals surface area contributed by atoms with Crippen molar-refractivity contribution in [1.29, 1.82) is 0 Å². The van der Waals surface area contributed by atoms with Crippen molar-refractivity contribution in [2.45, 2.75) is 19.8 Å². The van der Waals surface area contributed by atoms with Crippen LogP contribution in [0.2, 0.25) is 0 Å². The third kappa shape index (κ3) is 6.90. The van der Waals surface area contributed by atoms with Crippen LogP contribution in [-0.2, 0) is 19.8 Å². The lowest BCUT2D eigenvalue weighted by molar-refractivity contribution is 0.111. The summed E-state index contributed by atoms with van der Waals surface area (Å²) >= 11 is 0. The van der Waals surface area contributed by atoms with Crippen LogP contribution in [0.3, 0.4) is 0 Å². The molecule has 36 heavy (non-hydrogen) atoms. The first-order valence-corrected chi connectivity index (χ1v) is 11.3. The number of rotatable bonds is 12. The van der Waals surface area contributed by atoms with E-state index in [1.807, 2.05) is 18.2 Å². The van der Waals surface area contributed by atoms with E-state index >= 15 is 0 Å². The molecule has 0 heterocycles. The summed E-state index contributed by atoms with van der Waals surface area (Å²) in [5.74, 6) is 1.97. The zero-order valence-corrected chi connectivity index (χ0v) is 19.5. The van der Waals surface area contributed by atoms with Crippen LogP contribution in [0.15, 0.2) is 91.0 Å². The molecule has 0 spiro atoms. The summed E-state index contributed by atoms with van der Waals surface area (Å²) in [4.78, 5) is 32.6. The molecule has 0 N–H and O–H groups in total. The molecular weight excluding hydrogens is 456 g/mol. The fourth-order valence-corrected chi connectivity index (χ4v) is 3.52. The molecule has 0 atom stereocenters. The van der Waals surface area contributed by atoms with Gasteiger partial charge < -0.3 is 14.2 Å². The summed E-state index contributed by atoms with van der Waals surface area (Å²) < 4.78 is 17.7. The van der Waals surface area contributed by atoms with Gasteiger partial charge in [0.2, 0.25) is 0 Å². The predicted octanol–water partition coefficient (Wildman–Crippen LogP) is 5.86. The SMILES string of the molecule is O=Cc1ccc(OCc2cc(COc3ccc(C=O)cc3)cc(COc3ccc(C=O)cc3)c2)cc1. The van der Waals surface area contributed by atoms with Crippen molar-refractivity contribution in [2.24, 2.45) is 0 Å². The standard InChI is InChI=1S/C30H24O6/c31-16-22-1-7-28(8-2-22)34-19-25-13-26(20-35-29-9-3-23(17-32)4-10-29)15-27(14-25)21-36-30-11-5-24(18-33)6-12-30/h1-18H,19-21H2. The van der Waals surface area contributed by atoms with Gasteiger partial charge in [-0.3, -0.25) is 14.4 Å². The van der Waals surface area contributed by atoms with Crippen LogP contribution in [0.25, 0.3) is 0 Å². The van der Waals surface area contributed by atoms with Crippen LogP contribution in [-0.4, -0.2) is 18.9 Å². The van der Waals surface area contributed by atoms with Crippen molar-refractivity contribution in [3.8, 4) is 17.2 Å². The number of hydrogen-bond donors (Lipinski definition) is 0. The van der Waals surface area contributed by atoms with Crippen LogP contribution >= 0.6 is 0 Å². The molecule has 0 saturated heterocycles. The molecule has 4 aromatic rings. The average Bonchev–Trinajstić information content (AvgIpc) is 2.94. The number of aldehydes is 3. The Bertz CT molecular complexity index is 1130.